The van der Waals surface area contributed by atoms with Crippen molar-refractivity contribution in [2.24, 2.45) is 0 Å². The number of thiazole rings is 1. The second kappa shape index (κ2) is 6.91. The Morgan fingerprint density at radius 2 is 2.00 bits per heavy atom. The third kappa shape index (κ3) is 3.76. The topological polar surface area (TPSA) is 36.7 Å². The number of rotatable bonds is 3. The molecule has 0 atom stereocenters. The summed E-state index contributed by atoms with van der Waals surface area (Å²) in [7, 11) is 0. The van der Waals surface area contributed by atoms with Crippen LogP contribution in [-0.4, -0.2) is 4.98 Å². The van der Waals surface area contributed by atoms with E-state index in [4.69, 9.17) is 0 Å². The van der Waals surface area contributed by atoms with Crippen molar-refractivity contribution in [3.05, 3.63) is 74.5 Å². The van der Waals surface area contributed by atoms with Crippen LogP contribution in [0.25, 0.3) is 22.9 Å². The second-order valence-corrected chi connectivity index (χ2v) is 6.90. The Morgan fingerprint density at radius 1 is 1.22 bits per heavy atom. The zero-order valence-corrected chi connectivity index (χ0v) is 14.9. The molecule has 112 valence electrons. The number of allylic oxidation sites excluding steroid dienone is 1. The average molecular weight is 381 g/mol. The summed E-state index contributed by atoms with van der Waals surface area (Å²) in [5.41, 5.74) is 4.74. The van der Waals surface area contributed by atoms with E-state index in [1.807, 2.05) is 35.7 Å². The lowest BCUT2D eigenvalue weighted by atomic mass is 10.1. The fraction of sp³-hybridized carbons (Fsp3) is 0.0526. The highest BCUT2D eigenvalue weighted by Crippen LogP contribution is 2.27. The smallest absolute Gasteiger partial charge is 0.134 e. The van der Waals surface area contributed by atoms with Crippen LogP contribution in [0.15, 0.2) is 58.4 Å². The highest BCUT2D eigenvalue weighted by molar-refractivity contribution is 9.10. The maximum atomic E-state index is 9.46. The summed E-state index contributed by atoms with van der Waals surface area (Å²) in [6.45, 7) is 2.06. The van der Waals surface area contributed by atoms with Crippen molar-refractivity contribution in [2.75, 3.05) is 0 Å². The molecule has 0 saturated heterocycles. The number of nitriles is 1. The minimum Gasteiger partial charge on any atom is -0.235 e. The lowest BCUT2D eigenvalue weighted by Gasteiger charge is -1.98. The van der Waals surface area contributed by atoms with Gasteiger partial charge in [0.2, 0.25) is 0 Å². The molecule has 0 aliphatic carbocycles. The monoisotopic (exact) mass is 380 g/mol. The van der Waals surface area contributed by atoms with Crippen molar-refractivity contribution < 1.29 is 0 Å². The SMILES string of the molecule is Cc1ccc(-c2csc(C(C#N)=Cc3cccc(Br)c3)n2)cc1. The van der Waals surface area contributed by atoms with Crippen LogP contribution in [0.1, 0.15) is 16.1 Å². The van der Waals surface area contributed by atoms with Crippen molar-refractivity contribution in [1.82, 2.24) is 4.98 Å². The van der Waals surface area contributed by atoms with Crippen molar-refractivity contribution in [1.29, 1.82) is 5.26 Å². The number of halogens is 1. The van der Waals surface area contributed by atoms with Crippen LogP contribution in [0.5, 0.6) is 0 Å². The summed E-state index contributed by atoms with van der Waals surface area (Å²) >= 11 is 4.94. The van der Waals surface area contributed by atoms with Gasteiger partial charge in [0, 0.05) is 15.4 Å². The van der Waals surface area contributed by atoms with E-state index >= 15 is 0 Å². The molecule has 0 radical (unpaired) electrons. The van der Waals surface area contributed by atoms with Gasteiger partial charge in [-0.25, -0.2) is 4.98 Å². The Kier molecular flexibility index (Phi) is 4.71. The molecule has 0 fully saturated rings. The lowest BCUT2D eigenvalue weighted by molar-refractivity contribution is 1.36. The third-order valence-corrected chi connectivity index (χ3v) is 4.73. The Balaban J connectivity index is 1.94. The van der Waals surface area contributed by atoms with Gasteiger partial charge in [-0.1, -0.05) is 57.9 Å². The van der Waals surface area contributed by atoms with E-state index in [2.05, 4.69) is 58.2 Å². The molecule has 3 rings (SSSR count). The molecule has 1 aromatic heterocycles. The summed E-state index contributed by atoms with van der Waals surface area (Å²) < 4.78 is 0.989. The molecule has 2 nitrogen and oxygen atoms in total. The van der Waals surface area contributed by atoms with E-state index in [0.29, 0.717) is 5.57 Å². The van der Waals surface area contributed by atoms with Gasteiger partial charge in [0.25, 0.3) is 0 Å². The zero-order chi connectivity index (χ0) is 16.2. The summed E-state index contributed by atoms with van der Waals surface area (Å²) in [5.74, 6) is 0. The zero-order valence-electron chi connectivity index (χ0n) is 12.5. The second-order valence-electron chi connectivity index (χ2n) is 5.13. The van der Waals surface area contributed by atoms with Crippen molar-refractivity contribution in [3.63, 3.8) is 0 Å². The predicted octanol–water partition coefficient (Wildman–Crippen LogP) is 5.95. The normalized spacial score (nSPS) is 11.3. The summed E-state index contributed by atoms with van der Waals surface area (Å²) in [5, 5.41) is 12.2. The highest BCUT2D eigenvalue weighted by Gasteiger charge is 2.09. The van der Waals surface area contributed by atoms with Gasteiger partial charge < -0.3 is 0 Å². The van der Waals surface area contributed by atoms with E-state index in [1.54, 1.807) is 0 Å². The number of nitrogens with zero attached hydrogens (tertiary/aromatic N) is 2. The Labute approximate surface area is 147 Å². The van der Waals surface area contributed by atoms with E-state index < -0.39 is 0 Å². The molecule has 0 saturated carbocycles. The lowest BCUT2D eigenvalue weighted by Crippen LogP contribution is -1.83. The van der Waals surface area contributed by atoms with Gasteiger partial charge in [0.1, 0.15) is 11.1 Å². The third-order valence-electron chi connectivity index (χ3n) is 3.36. The quantitative estimate of drug-likeness (QED) is 0.526. The van der Waals surface area contributed by atoms with Crippen LogP contribution in [0.4, 0.5) is 0 Å². The molecule has 0 amide bonds. The average Bonchev–Trinajstić information content (AvgIpc) is 3.03. The molecular formula is C19H13BrN2S. The first kappa shape index (κ1) is 15.7. The molecule has 0 aliphatic rings. The van der Waals surface area contributed by atoms with Gasteiger partial charge in [-0.3, -0.25) is 0 Å². The first-order chi connectivity index (χ1) is 11.2. The van der Waals surface area contributed by atoms with E-state index in [0.717, 1.165) is 26.3 Å². The van der Waals surface area contributed by atoms with Crippen LogP contribution in [0, 0.1) is 18.3 Å². The van der Waals surface area contributed by atoms with Crippen LogP contribution in [0.3, 0.4) is 0 Å². The Bertz CT molecular complexity index is 902. The van der Waals surface area contributed by atoms with Gasteiger partial charge in [0.15, 0.2) is 0 Å². The van der Waals surface area contributed by atoms with Crippen LogP contribution >= 0.6 is 27.3 Å². The predicted molar refractivity (Wildman–Crippen MR) is 99.9 cm³/mol. The molecule has 0 bridgehead atoms. The molecule has 4 heteroatoms. The molecule has 1 heterocycles. The summed E-state index contributed by atoms with van der Waals surface area (Å²) in [6, 6.07) is 18.4. The number of benzene rings is 2. The standard InChI is InChI=1S/C19H13BrN2S/c1-13-5-7-15(8-6-13)18-12-23-19(22-18)16(11-21)9-14-3-2-4-17(20)10-14/h2-10,12H,1H3. The van der Waals surface area contributed by atoms with Crippen molar-refractivity contribution in [3.8, 4) is 17.3 Å². The fourth-order valence-electron chi connectivity index (χ4n) is 2.16. The molecule has 0 aliphatic heterocycles. The first-order valence-corrected chi connectivity index (χ1v) is 8.73. The fourth-order valence-corrected chi connectivity index (χ4v) is 3.37. The van der Waals surface area contributed by atoms with E-state index in [1.165, 1.54) is 16.9 Å². The van der Waals surface area contributed by atoms with E-state index in [9.17, 15) is 5.26 Å². The minimum absolute atomic E-state index is 0.575. The largest absolute Gasteiger partial charge is 0.235 e. The first-order valence-electron chi connectivity index (χ1n) is 7.06. The van der Waals surface area contributed by atoms with Crippen LogP contribution in [0.2, 0.25) is 0 Å². The minimum atomic E-state index is 0.575. The molecule has 0 unspecified atom stereocenters. The molecule has 23 heavy (non-hydrogen) atoms. The summed E-state index contributed by atoms with van der Waals surface area (Å²) in [4.78, 5) is 4.62. The molecule has 0 N–H and O–H groups in total. The highest BCUT2D eigenvalue weighted by atomic mass is 79.9. The van der Waals surface area contributed by atoms with Crippen LogP contribution in [-0.2, 0) is 0 Å². The van der Waals surface area contributed by atoms with Gasteiger partial charge in [0.05, 0.1) is 11.3 Å². The Morgan fingerprint density at radius 3 is 2.70 bits per heavy atom. The van der Waals surface area contributed by atoms with Crippen molar-refractivity contribution in [2.45, 2.75) is 6.92 Å². The van der Waals surface area contributed by atoms with E-state index in [-0.39, 0.29) is 0 Å². The van der Waals surface area contributed by atoms with Crippen LogP contribution < -0.4 is 0 Å². The maximum absolute atomic E-state index is 9.46. The number of aryl methyl sites for hydroxylation is 1. The molecular weight excluding hydrogens is 368 g/mol. The van der Waals surface area contributed by atoms with Gasteiger partial charge >= 0.3 is 0 Å². The summed E-state index contributed by atoms with van der Waals surface area (Å²) in [6.07, 6.45) is 1.86. The van der Waals surface area contributed by atoms with Gasteiger partial charge in [-0.2, -0.15) is 5.26 Å². The maximum Gasteiger partial charge on any atom is 0.134 e. The number of hydrogen-bond donors (Lipinski definition) is 0. The Hall–Kier alpha value is -2.22. The van der Waals surface area contributed by atoms with Gasteiger partial charge in [-0.15, -0.1) is 11.3 Å². The number of aromatic nitrogens is 1. The number of hydrogen-bond acceptors (Lipinski definition) is 3. The molecule has 0 spiro atoms. The molecule has 3 aromatic rings. The van der Waals surface area contributed by atoms with Crippen molar-refractivity contribution >= 4 is 38.9 Å². The molecule has 2 aromatic carbocycles. The van der Waals surface area contributed by atoms with Gasteiger partial charge in [-0.05, 0) is 30.7 Å².